The van der Waals surface area contributed by atoms with E-state index in [0.29, 0.717) is 5.91 Å². The summed E-state index contributed by atoms with van der Waals surface area (Å²) in [6.45, 7) is 2.55. The van der Waals surface area contributed by atoms with E-state index in [-0.39, 0.29) is 5.92 Å². The smallest absolute Gasteiger partial charge is 0.230 e. The lowest BCUT2D eigenvalue weighted by atomic mass is 9.88. The summed E-state index contributed by atoms with van der Waals surface area (Å²) in [5.41, 5.74) is 2.35. The first kappa shape index (κ1) is 12.7. The molecule has 0 radical (unpaired) electrons. The zero-order chi connectivity index (χ0) is 13.1. The molecule has 1 aromatic rings. The summed E-state index contributed by atoms with van der Waals surface area (Å²) in [6.07, 6.45) is 5.87. The van der Waals surface area contributed by atoms with E-state index in [1.165, 1.54) is 24.8 Å². The van der Waals surface area contributed by atoms with Gasteiger partial charge in [0.1, 0.15) is 0 Å². The van der Waals surface area contributed by atoms with Gasteiger partial charge in [0.15, 0.2) is 0 Å². The zero-order valence-electron chi connectivity index (χ0n) is 11.4. The maximum atomic E-state index is 12.8. The normalized spacial score (nSPS) is 20.7. The second kappa shape index (κ2) is 5.74. The van der Waals surface area contributed by atoms with Crippen molar-refractivity contribution >= 4 is 11.6 Å². The van der Waals surface area contributed by atoms with Crippen LogP contribution in [0.3, 0.4) is 0 Å². The van der Waals surface area contributed by atoms with Gasteiger partial charge in [-0.25, -0.2) is 0 Å². The summed E-state index contributed by atoms with van der Waals surface area (Å²) in [5, 5.41) is 3.40. The minimum atomic E-state index is 0.250. The number of amides is 1. The van der Waals surface area contributed by atoms with Gasteiger partial charge in [-0.3, -0.25) is 4.79 Å². The summed E-state index contributed by atoms with van der Waals surface area (Å²) in [5.74, 6) is 0.593. The van der Waals surface area contributed by atoms with Crippen LogP contribution in [0.5, 0.6) is 0 Å². The van der Waals surface area contributed by atoms with Crippen molar-refractivity contribution in [3.05, 3.63) is 29.8 Å². The summed E-state index contributed by atoms with van der Waals surface area (Å²) < 4.78 is 0. The number of nitrogens with zero attached hydrogens (tertiary/aromatic N) is 1. The topological polar surface area (TPSA) is 32.3 Å². The van der Waals surface area contributed by atoms with Crippen LogP contribution >= 0.6 is 0 Å². The minimum Gasteiger partial charge on any atom is -0.311 e. The highest BCUT2D eigenvalue weighted by Gasteiger charge is 2.28. The van der Waals surface area contributed by atoms with E-state index in [1.54, 1.807) is 0 Å². The number of rotatable bonds is 1. The van der Waals surface area contributed by atoms with Crippen molar-refractivity contribution in [1.82, 2.24) is 5.32 Å². The first-order chi connectivity index (χ1) is 9.36. The van der Waals surface area contributed by atoms with E-state index in [1.807, 2.05) is 11.0 Å². The molecule has 3 heteroatoms. The fraction of sp³-hybridized carbons (Fsp3) is 0.562. The van der Waals surface area contributed by atoms with E-state index < -0.39 is 0 Å². The van der Waals surface area contributed by atoms with Gasteiger partial charge in [0.2, 0.25) is 5.91 Å². The Labute approximate surface area is 115 Å². The molecule has 1 N–H and O–H groups in total. The number of carbonyl (C=O) groups excluding carboxylic acids is 1. The van der Waals surface area contributed by atoms with Gasteiger partial charge in [0, 0.05) is 31.2 Å². The van der Waals surface area contributed by atoms with Crippen LogP contribution < -0.4 is 10.2 Å². The Kier molecular flexibility index (Phi) is 3.83. The summed E-state index contributed by atoms with van der Waals surface area (Å²) in [7, 11) is 0. The Morgan fingerprint density at radius 2 is 1.95 bits per heavy atom. The number of anilines is 1. The first-order valence-electron chi connectivity index (χ1n) is 7.46. The largest absolute Gasteiger partial charge is 0.311 e. The number of carbonyl (C=O) groups is 1. The SMILES string of the molecule is O=C(C1CCCCC1)N1CCNCc2ccccc21. The van der Waals surface area contributed by atoms with Crippen molar-refractivity contribution in [2.75, 3.05) is 18.0 Å². The molecule has 2 aliphatic rings. The van der Waals surface area contributed by atoms with Gasteiger partial charge in [0.25, 0.3) is 0 Å². The highest BCUT2D eigenvalue weighted by atomic mass is 16.2. The molecule has 0 atom stereocenters. The van der Waals surface area contributed by atoms with Gasteiger partial charge < -0.3 is 10.2 Å². The van der Waals surface area contributed by atoms with Crippen molar-refractivity contribution in [3.63, 3.8) is 0 Å². The predicted molar refractivity (Wildman–Crippen MR) is 77.1 cm³/mol. The van der Waals surface area contributed by atoms with E-state index in [9.17, 15) is 4.79 Å². The van der Waals surface area contributed by atoms with Gasteiger partial charge in [-0.2, -0.15) is 0 Å². The van der Waals surface area contributed by atoms with Crippen LogP contribution in [-0.4, -0.2) is 19.0 Å². The molecule has 0 aromatic heterocycles. The third kappa shape index (κ3) is 2.66. The number of hydrogen-bond acceptors (Lipinski definition) is 2. The summed E-state index contributed by atoms with van der Waals surface area (Å²) >= 11 is 0. The van der Waals surface area contributed by atoms with Gasteiger partial charge in [-0.15, -0.1) is 0 Å². The standard InChI is InChI=1S/C16H22N2O/c19-16(13-6-2-1-3-7-13)18-11-10-17-12-14-8-4-5-9-15(14)18/h4-5,8-9,13,17H,1-3,6-7,10-12H2. The second-order valence-electron chi connectivity index (χ2n) is 5.63. The maximum Gasteiger partial charge on any atom is 0.230 e. The predicted octanol–water partition coefficient (Wildman–Crippen LogP) is 2.70. The van der Waals surface area contributed by atoms with Crippen molar-refractivity contribution in [3.8, 4) is 0 Å². The fourth-order valence-corrected chi connectivity index (χ4v) is 3.26. The lowest BCUT2D eigenvalue weighted by molar-refractivity contribution is -0.123. The van der Waals surface area contributed by atoms with Crippen LogP contribution in [0.4, 0.5) is 5.69 Å². The molecule has 3 rings (SSSR count). The molecule has 1 heterocycles. The Morgan fingerprint density at radius 1 is 1.16 bits per heavy atom. The molecular formula is C16H22N2O. The number of benzene rings is 1. The molecule has 1 fully saturated rings. The summed E-state index contributed by atoms with van der Waals surface area (Å²) in [4.78, 5) is 14.8. The average molecular weight is 258 g/mol. The molecule has 1 aromatic carbocycles. The van der Waals surface area contributed by atoms with Crippen LogP contribution in [0.2, 0.25) is 0 Å². The zero-order valence-corrected chi connectivity index (χ0v) is 11.4. The molecule has 1 saturated carbocycles. The highest BCUT2D eigenvalue weighted by Crippen LogP contribution is 2.29. The van der Waals surface area contributed by atoms with E-state index in [2.05, 4.69) is 23.5 Å². The highest BCUT2D eigenvalue weighted by molar-refractivity contribution is 5.96. The van der Waals surface area contributed by atoms with Crippen LogP contribution in [0, 0.1) is 5.92 Å². The third-order valence-electron chi connectivity index (χ3n) is 4.33. The van der Waals surface area contributed by atoms with Gasteiger partial charge in [-0.1, -0.05) is 37.5 Å². The molecule has 0 spiro atoms. The van der Waals surface area contributed by atoms with Crippen molar-refractivity contribution in [2.45, 2.75) is 38.6 Å². The molecule has 3 nitrogen and oxygen atoms in total. The van der Waals surface area contributed by atoms with Gasteiger partial charge in [0.05, 0.1) is 0 Å². The Morgan fingerprint density at radius 3 is 2.79 bits per heavy atom. The maximum absolute atomic E-state index is 12.8. The number of fused-ring (bicyclic) bond motifs is 1. The number of para-hydroxylation sites is 1. The molecule has 102 valence electrons. The summed E-state index contributed by atoms with van der Waals surface area (Å²) in [6, 6.07) is 8.29. The monoisotopic (exact) mass is 258 g/mol. The van der Waals surface area contributed by atoms with E-state index in [0.717, 1.165) is 38.2 Å². The molecule has 1 aliphatic heterocycles. The number of nitrogens with one attached hydrogen (secondary N) is 1. The minimum absolute atomic E-state index is 0.250. The van der Waals surface area contributed by atoms with Gasteiger partial charge in [-0.05, 0) is 24.5 Å². The first-order valence-corrected chi connectivity index (χ1v) is 7.46. The molecule has 1 amide bonds. The van der Waals surface area contributed by atoms with E-state index >= 15 is 0 Å². The fourth-order valence-electron chi connectivity index (χ4n) is 3.26. The lowest BCUT2D eigenvalue weighted by Gasteiger charge is -2.29. The molecular weight excluding hydrogens is 236 g/mol. The molecule has 19 heavy (non-hydrogen) atoms. The Balaban J connectivity index is 1.84. The molecule has 0 unspecified atom stereocenters. The van der Waals surface area contributed by atoms with Crippen LogP contribution in [0.25, 0.3) is 0 Å². The molecule has 1 aliphatic carbocycles. The van der Waals surface area contributed by atoms with Crippen LogP contribution in [0.1, 0.15) is 37.7 Å². The van der Waals surface area contributed by atoms with Crippen LogP contribution in [-0.2, 0) is 11.3 Å². The quantitative estimate of drug-likeness (QED) is 0.840. The van der Waals surface area contributed by atoms with Gasteiger partial charge >= 0.3 is 0 Å². The third-order valence-corrected chi connectivity index (χ3v) is 4.33. The average Bonchev–Trinajstić information content (AvgIpc) is 2.70. The molecule has 0 bridgehead atoms. The van der Waals surface area contributed by atoms with Crippen molar-refractivity contribution in [1.29, 1.82) is 0 Å². The van der Waals surface area contributed by atoms with Crippen molar-refractivity contribution in [2.24, 2.45) is 5.92 Å². The second-order valence-corrected chi connectivity index (χ2v) is 5.63. The lowest BCUT2D eigenvalue weighted by Crippen LogP contribution is -2.39. The Hall–Kier alpha value is -1.35. The number of hydrogen-bond donors (Lipinski definition) is 1. The van der Waals surface area contributed by atoms with Crippen molar-refractivity contribution < 1.29 is 4.79 Å². The molecule has 0 saturated heterocycles. The van der Waals surface area contributed by atoms with Crippen LogP contribution in [0.15, 0.2) is 24.3 Å². The Bertz CT molecular complexity index is 452. The van der Waals surface area contributed by atoms with E-state index in [4.69, 9.17) is 0 Å².